The summed E-state index contributed by atoms with van der Waals surface area (Å²) >= 11 is 12.1. The molecule has 0 aliphatic heterocycles. The first kappa shape index (κ1) is 21.7. The van der Waals surface area contributed by atoms with E-state index >= 15 is 0 Å². The zero-order chi connectivity index (χ0) is 20.0. The van der Waals surface area contributed by atoms with E-state index in [-0.39, 0.29) is 29.9 Å². The van der Waals surface area contributed by atoms with Crippen LogP contribution in [0.2, 0.25) is 10.0 Å². The van der Waals surface area contributed by atoms with Crippen LogP contribution in [0, 0.1) is 0 Å². The molecule has 2 aromatic rings. The fourth-order valence-electron chi connectivity index (χ4n) is 2.39. The highest BCUT2D eigenvalue weighted by Crippen LogP contribution is 2.25. The van der Waals surface area contributed by atoms with Gasteiger partial charge in [0, 0.05) is 22.6 Å². The van der Waals surface area contributed by atoms with Crippen LogP contribution < -0.4 is 5.32 Å². The molecule has 1 amide bonds. The van der Waals surface area contributed by atoms with Gasteiger partial charge in [-0.1, -0.05) is 54.4 Å². The molecule has 0 unspecified atom stereocenters. The summed E-state index contributed by atoms with van der Waals surface area (Å²) in [6.45, 7) is 3.46. The molecule has 146 valence electrons. The highest BCUT2D eigenvalue weighted by Gasteiger charge is 2.27. The average Bonchev–Trinajstić information content (AvgIpc) is 2.63. The molecule has 0 saturated carbocycles. The molecule has 0 aliphatic rings. The Morgan fingerprint density at radius 2 is 1.81 bits per heavy atom. The van der Waals surface area contributed by atoms with Crippen LogP contribution in [0.15, 0.2) is 53.4 Å². The topological polar surface area (TPSA) is 66.5 Å². The maximum atomic E-state index is 13.1. The van der Waals surface area contributed by atoms with Crippen LogP contribution in [-0.4, -0.2) is 31.2 Å². The Balaban J connectivity index is 2.34. The molecule has 0 saturated heterocycles. The largest absolute Gasteiger partial charge is 0.353 e. The third-order valence-corrected chi connectivity index (χ3v) is 6.48. The highest BCUT2D eigenvalue weighted by molar-refractivity contribution is 7.89. The number of nitrogens with one attached hydrogen (secondary N) is 1. The second-order valence-electron chi connectivity index (χ2n) is 6.20. The summed E-state index contributed by atoms with van der Waals surface area (Å²) in [6.07, 6.45) is 0.750. The second kappa shape index (κ2) is 9.55. The van der Waals surface area contributed by atoms with Crippen LogP contribution >= 0.6 is 23.2 Å². The minimum Gasteiger partial charge on any atom is -0.353 e. The molecule has 0 heterocycles. The average molecular weight is 429 g/mol. The van der Waals surface area contributed by atoms with E-state index in [9.17, 15) is 13.2 Å². The lowest BCUT2D eigenvalue weighted by atomic mass is 10.2. The van der Waals surface area contributed by atoms with Crippen molar-refractivity contribution in [3.8, 4) is 0 Å². The van der Waals surface area contributed by atoms with Crippen molar-refractivity contribution in [3.63, 3.8) is 0 Å². The molecular formula is C19H22Cl2N2O3S. The number of amides is 1. The first-order chi connectivity index (χ1) is 12.7. The van der Waals surface area contributed by atoms with Crippen LogP contribution in [0.3, 0.4) is 0 Å². The van der Waals surface area contributed by atoms with E-state index in [0.717, 1.165) is 10.7 Å². The molecule has 0 spiro atoms. The third kappa shape index (κ3) is 5.94. The second-order valence-corrected chi connectivity index (χ2v) is 8.98. The van der Waals surface area contributed by atoms with Gasteiger partial charge in [0.2, 0.25) is 15.9 Å². The summed E-state index contributed by atoms with van der Waals surface area (Å²) in [7, 11) is -3.88. The van der Waals surface area contributed by atoms with Gasteiger partial charge >= 0.3 is 0 Å². The summed E-state index contributed by atoms with van der Waals surface area (Å²) in [5.41, 5.74) is 0.567. The Labute approximate surface area is 170 Å². The molecule has 0 bridgehead atoms. The Bertz CT molecular complexity index is 889. The molecule has 0 radical (unpaired) electrons. The molecule has 0 fully saturated rings. The van der Waals surface area contributed by atoms with Crippen LogP contribution in [0.1, 0.15) is 25.8 Å². The number of halogens is 2. The molecule has 2 aromatic carbocycles. The predicted molar refractivity (Wildman–Crippen MR) is 108 cm³/mol. The van der Waals surface area contributed by atoms with Gasteiger partial charge in [-0.2, -0.15) is 4.31 Å². The van der Waals surface area contributed by atoms with E-state index in [1.807, 2.05) is 13.8 Å². The van der Waals surface area contributed by atoms with E-state index in [1.54, 1.807) is 36.4 Å². The molecular weight excluding hydrogens is 407 g/mol. The number of carbonyl (C=O) groups is 1. The summed E-state index contributed by atoms with van der Waals surface area (Å²) in [4.78, 5) is 12.5. The summed E-state index contributed by atoms with van der Waals surface area (Å²) in [5.74, 6) is -0.367. The lowest BCUT2D eigenvalue weighted by Gasteiger charge is -2.23. The van der Waals surface area contributed by atoms with E-state index in [2.05, 4.69) is 5.32 Å². The molecule has 27 heavy (non-hydrogen) atoms. The van der Waals surface area contributed by atoms with Gasteiger partial charge in [0.25, 0.3) is 0 Å². The number of benzene rings is 2. The van der Waals surface area contributed by atoms with Crippen LogP contribution in [0.5, 0.6) is 0 Å². The van der Waals surface area contributed by atoms with Crippen molar-refractivity contribution in [2.45, 2.75) is 37.8 Å². The molecule has 8 heteroatoms. The van der Waals surface area contributed by atoms with Crippen molar-refractivity contribution in [1.29, 1.82) is 0 Å². The smallest absolute Gasteiger partial charge is 0.243 e. The standard InChI is InChI=1S/C19H22Cl2N2O3S/c1-3-14(2)22-19(24)13-23(12-15-9-10-16(20)11-18(15)21)27(25,26)17-7-5-4-6-8-17/h4-11,14H,3,12-13H2,1-2H3,(H,22,24)/t14-/m0/s1. The number of rotatable bonds is 8. The van der Waals surface area contributed by atoms with E-state index in [4.69, 9.17) is 23.2 Å². The number of carbonyl (C=O) groups excluding carboxylic acids is 1. The lowest BCUT2D eigenvalue weighted by molar-refractivity contribution is -0.122. The fourth-order valence-corrected chi connectivity index (χ4v) is 4.25. The van der Waals surface area contributed by atoms with Gasteiger partial charge in [-0.15, -0.1) is 0 Å². The summed E-state index contributed by atoms with van der Waals surface area (Å²) in [5, 5.41) is 3.59. The van der Waals surface area contributed by atoms with Crippen molar-refractivity contribution in [2.75, 3.05) is 6.54 Å². The van der Waals surface area contributed by atoms with E-state index < -0.39 is 10.0 Å². The van der Waals surface area contributed by atoms with Crippen molar-refractivity contribution in [3.05, 3.63) is 64.1 Å². The normalized spacial score (nSPS) is 12.8. The maximum Gasteiger partial charge on any atom is 0.243 e. The minimum absolute atomic E-state index is 0.0405. The Kier molecular flexibility index (Phi) is 7.68. The first-order valence-corrected chi connectivity index (χ1v) is 10.7. The van der Waals surface area contributed by atoms with Gasteiger partial charge in [0.1, 0.15) is 0 Å². The maximum absolute atomic E-state index is 13.1. The monoisotopic (exact) mass is 428 g/mol. The molecule has 1 N–H and O–H groups in total. The predicted octanol–water partition coefficient (Wildman–Crippen LogP) is 4.10. The van der Waals surface area contributed by atoms with Crippen LogP contribution in [0.25, 0.3) is 0 Å². The Morgan fingerprint density at radius 3 is 2.41 bits per heavy atom. The zero-order valence-corrected chi connectivity index (χ0v) is 17.5. The summed E-state index contributed by atoms with van der Waals surface area (Å²) in [6, 6.07) is 12.8. The Hall–Kier alpha value is -1.60. The fraction of sp³-hybridized carbons (Fsp3) is 0.316. The highest BCUT2D eigenvalue weighted by atomic mass is 35.5. The van der Waals surface area contributed by atoms with Gasteiger partial charge in [-0.05, 0) is 43.2 Å². The number of sulfonamides is 1. The third-order valence-electron chi connectivity index (χ3n) is 4.08. The van der Waals surface area contributed by atoms with Crippen molar-refractivity contribution < 1.29 is 13.2 Å². The zero-order valence-electron chi connectivity index (χ0n) is 15.2. The molecule has 0 aromatic heterocycles. The lowest BCUT2D eigenvalue weighted by Crippen LogP contribution is -2.43. The van der Waals surface area contributed by atoms with Crippen LogP contribution in [0.4, 0.5) is 0 Å². The summed E-state index contributed by atoms with van der Waals surface area (Å²) < 4.78 is 27.3. The SMILES string of the molecule is CC[C@H](C)NC(=O)CN(Cc1ccc(Cl)cc1Cl)S(=O)(=O)c1ccccc1. The minimum atomic E-state index is -3.88. The Morgan fingerprint density at radius 1 is 1.15 bits per heavy atom. The van der Waals surface area contributed by atoms with Gasteiger partial charge < -0.3 is 5.32 Å². The van der Waals surface area contributed by atoms with Crippen molar-refractivity contribution >= 4 is 39.1 Å². The molecule has 5 nitrogen and oxygen atoms in total. The van der Waals surface area contributed by atoms with Crippen LogP contribution in [-0.2, 0) is 21.4 Å². The van der Waals surface area contributed by atoms with Crippen molar-refractivity contribution in [2.24, 2.45) is 0 Å². The van der Waals surface area contributed by atoms with Gasteiger partial charge in [-0.25, -0.2) is 8.42 Å². The van der Waals surface area contributed by atoms with Gasteiger partial charge in [-0.3, -0.25) is 4.79 Å². The first-order valence-electron chi connectivity index (χ1n) is 8.52. The van der Waals surface area contributed by atoms with Crippen molar-refractivity contribution in [1.82, 2.24) is 9.62 Å². The molecule has 1 atom stereocenters. The molecule has 2 rings (SSSR count). The van der Waals surface area contributed by atoms with E-state index in [0.29, 0.717) is 15.6 Å². The number of hydrogen-bond acceptors (Lipinski definition) is 3. The van der Waals surface area contributed by atoms with E-state index in [1.165, 1.54) is 12.1 Å². The molecule has 0 aliphatic carbocycles. The van der Waals surface area contributed by atoms with Gasteiger partial charge in [0.15, 0.2) is 0 Å². The van der Waals surface area contributed by atoms with Gasteiger partial charge in [0.05, 0.1) is 11.4 Å². The number of nitrogens with zero attached hydrogens (tertiary/aromatic N) is 1. The quantitative estimate of drug-likeness (QED) is 0.687. The number of hydrogen-bond donors (Lipinski definition) is 1.